The van der Waals surface area contributed by atoms with Gasteiger partial charge in [-0.25, -0.2) is 4.98 Å². The molecule has 1 saturated heterocycles. The lowest BCUT2D eigenvalue weighted by Gasteiger charge is -2.32. The van der Waals surface area contributed by atoms with Gasteiger partial charge in [-0.05, 0) is 30.5 Å². The number of pyridine rings is 2. The zero-order valence-corrected chi connectivity index (χ0v) is 17.1. The first-order chi connectivity index (χ1) is 14.5. The zero-order valence-electron chi connectivity index (χ0n) is 17.1. The van der Waals surface area contributed by atoms with Gasteiger partial charge in [0, 0.05) is 58.2 Å². The molecule has 3 aromatic heterocycles. The number of rotatable bonds is 5. The van der Waals surface area contributed by atoms with E-state index in [1.807, 2.05) is 24.1 Å². The van der Waals surface area contributed by atoms with E-state index in [2.05, 4.69) is 25.7 Å². The zero-order chi connectivity index (χ0) is 21.1. The molecule has 156 valence electrons. The average Bonchev–Trinajstić information content (AvgIpc) is 3.14. The van der Waals surface area contributed by atoms with Crippen molar-refractivity contribution >= 4 is 28.5 Å². The highest BCUT2D eigenvalue weighted by atomic mass is 16.2. The molecule has 0 bridgehead atoms. The number of aryl methyl sites for hydroxylation is 1. The largest absolute Gasteiger partial charge is 0.381 e. The van der Waals surface area contributed by atoms with Crippen LogP contribution in [0.1, 0.15) is 35.7 Å². The maximum atomic E-state index is 13.0. The second kappa shape index (κ2) is 8.48. The van der Waals surface area contributed by atoms with Crippen molar-refractivity contribution in [3.05, 3.63) is 48.0 Å². The molecule has 4 rings (SSSR count). The number of amides is 2. The van der Waals surface area contributed by atoms with Crippen LogP contribution in [0.2, 0.25) is 0 Å². The first-order valence-corrected chi connectivity index (χ1v) is 10.0. The van der Waals surface area contributed by atoms with Crippen LogP contribution in [0.15, 0.2) is 36.9 Å². The van der Waals surface area contributed by atoms with Crippen molar-refractivity contribution in [2.45, 2.75) is 32.4 Å². The molecular weight excluding hydrogens is 382 g/mol. The summed E-state index contributed by atoms with van der Waals surface area (Å²) in [5.74, 6) is -0.100. The van der Waals surface area contributed by atoms with E-state index in [1.54, 1.807) is 36.4 Å². The number of piperidine rings is 1. The van der Waals surface area contributed by atoms with Crippen molar-refractivity contribution in [2.24, 2.45) is 7.05 Å². The van der Waals surface area contributed by atoms with Gasteiger partial charge in [-0.2, -0.15) is 5.10 Å². The van der Waals surface area contributed by atoms with Crippen LogP contribution in [0, 0.1) is 0 Å². The molecule has 30 heavy (non-hydrogen) atoms. The minimum absolute atomic E-state index is 0.100. The van der Waals surface area contributed by atoms with E-state index in [-0.39, 0.29) is 17.9 Å². The molecule has 9 nitrogen and oxygen atoms in total. The molecule has 1 fully saturated rings. The SMILES string of the molecule is CC(=O)N1CCC(Nc2c(C(=O)NCc3ccncc3)cnc3c2cnn3C)CC1. The number of nitrogens with zero attached hydrogens (tertiary/aromatic N) is 5. The summed E-state index contributed by atoms with van der Waals surface area (Å²) in [6.45, 7) is 3.42. The summed E-state index contributed by atoms with van der Waals surface area (Å²) in [6.07, 6.45) is 8.37. The quantitative estimate of drug-likeness (QED) is 0.667. The Morgan fingerprint density at radius 1 is 1.17 bits per heavy atom. The maximum Gasteiger partial charge on any atom is 0.255 e. The van der Waals surface area contributed by atoms with Gasteiger partial charge < -0.3 is 15.5 Å². The maximum absolute atomic E-state index is 13.0. The Balaban J connectivity index is 1.57. The van der Waals surface area contributed by atoms with Gasteiger partial charge in [0.1, 0.15) is 0 Å². The van der Waals surface area contributed by atoms with E-state index < -0.39 is 0 Å². The molecule has 9 heteroatoms. The fourth-order valence-electron chi connectivity index (χ4n) is 3.74. The molecule has 2 N–H and O–H groups in total. The van der Waals surface area contributed by atoms with Crippen molar-refractivity contribution in [3.8, 4) is 0 Å². The van der Waals surface area contributed by atoms with Gasteiger partial charge in [0.25, 0.3) is 5.91 Å². The number of anilines is 1. The van der Waals surface area contributed by atoms with Crippen LogP contribution in [0.4, 0.5) is 5.69 Å². The Labute approximate surface area is 174 Å². The van der Waals surface area contributed by atoms with Crippen LogP contribution >= 0.6 is 0 Å². The number of likely N-dealkylation sites (tertiary alicyclic amines) is 1. The van der Waals surface area contributed by atoms with Gasteiger partial charge in [0.05, 0.1) is 22.8 Å². The third-order valence-electron chi connectivity index (χ3n) is 5.50. The number of hydrogen-bond donors (Lipinski definition) is 2. The molecule has 0 atom stereocenters. The minimum Gasteiger partial charge on any atom is -0.381 e. The molecule has 0 radical (unpaired) electrons. The lowest BCUT2D eigenvalue weighted by Crippen LogP contribution is -2.41. The van der Waals surface area contributed by atoms with Gasteiger partial charge in [0.2, 0.25) is 5.91 Å². The summed E-state index contributed by atoms with van der Waals surface area (Å²) in [5.41, 5.74) is 2.91. The Morgan fingerprint density at radius 3 is 2.60 bits per heavy atom. The first kappa shape index (κ1) is 19.8. The van der Waals surface area contributed by atoms with Crippen molar-refractivity contribution in [3.63, 3.8) is 0 Å². The summed E-state index contributed by atoms with van der Waals surface area (Å²) in [6, 6.07) is 3.90. The summed E-state index contributed by atoms with van der Waals surface area (Å²) in [5, 5.41) is 11.6. The molecule has 2 amide bonds. The third kappa shape index (κ3) is 4.10. The summed E-state index contributed by atoms with van der Waals surface area (Å²) < 4.78 is 1.69. The van der Waals surface area contributed by atoms with E-state index in [4.69, 9.17) is 0 Å². The fourth-order valence-corrected chi connectivity index (χ4v) is 3.74. The fraction of sp³-hybridized carbons (Fsp3) is 0.381. The Morgan fingerprint density at radius 2 is 1.90 bits per heavy atom. The summed E-state index contributed by atoms with van der Waals surface area (Å²) >= 11 is 0. The van der Waals surface area contributed by atoms with Crippen LogP contribution in [-0.2, 0) is 18.4 Å². The first-order valence-electron chi connectivity index (χ1n) is 10.0. The Kier molecular flexibility index (Phi) is 5.60. The molecule has 0 saturated carbocycles. The van der Waals surface area contributed by atoms with Crippen molar-refractivity contribution in [2.75, 3.05) is 18.4 Å². The standard InChI is InChI=1S/C21H25N7O2/c1-14(29)28-9-5-16(6-10-28)26-19-17-13-25-27(2)20(17)23-12-18(19)21(30)24-11-15-3-7-22-8-4-15/h3-4,7-8,12-13,16H,5-6,9-11H2,1-2H3,(H,23,26)(H,24,30). The smallest absolute Gasteiger partial charge is 0.255 e. The van der Waals surface area contributed by atoms with Gasteiger partial charge in [-0.1, -0.05) is 0 Å². The van der Waals surface area contributed by atoms with Gasteiger partial charge in [-0.3, -0.25) is 19.3 Å². The molecular formula is C21H25N7O2. The summed E-state index contributed by atoms with van der Waals surface area (Å²) in [4.78, 5) is 34.9. The number of carbonyl (C=O) groups is 2. The second-order valence-electron chi connectivity index (χ2n) is 7.52. The van der Waals surface area contributed by atoms with Crippen molar-refractivity contribution < 1.29 is 9.59 Å². The number of aromatic nitrogens is 4. The lowest BCUT2D eigenvalue weighted by molar-refractivity contribution is -0.129. The van der Waals surface area contributed by atoms with Gasteiger partial charge in [-0.15, -0.1) is 0 Å². The summed E-state index contributed by atoms with van der Waals surface area (Å²) in [7, 11) is 1.83. The molecule has 0 aliphatic carbocycles. The monoisotopic (exact) mass is 407 g/mol. The van der Waals surface area contributed by atoms with Crippen LogP contribution in [0.5, 0.6) is 0 Å². The molecule has 0 unspecified atom stereocenters. The predicted octanol–water partition coefficient (Wildman–Crippen LogP) is 1.72. The van der Waals surface area contributed by atoms with Gasteiger partial charge >= 0.3 is 0 Å². The van der Waals surface area contributed by atoms with E-state index >= 15 is 0 Å². The third-order valence-corrected chi connectivity index (χ3v) is 5.50. The lowest BCUT2D eigenvalue weighted by atomic mass is 10.0. The van der Waals surface area contributed by atoms with E-state index in [0.717, 1.165) is 29.5 Å². The number of carbonyl (C=O) groups excluding carboxylic acids is 2. The van der Waals surface area contributed by atoms with Crippen LogP contribution in [0.3, 0.4) is 0 Å². The van der Waals surface area contributed by atoms with Gasteiger partial charge in [0.15, 0.2) is 5.65 Å². The van der Waals surface area contributed by atoms with E-state index in [0.29, 0.717) is 30.8 Å². The molecule has 1 aliphatic rings. The second-order valence-corrected chi connectivity index (χ2v) is 7.52. The molecule has 0 aromatic carbocycles. The van der Waals surface area contributed by atoms with Crippen molar-refractivity contribution in [1.82, 2.24) is 30.0 Å². The Bertz CT molecular complexity index is 1060. The number of nitrogens with one attached hydrogen (secondary N) is 2. The molecule has 4 heterocycles. The highest BCUT2D eigenvalue weighted by Crippen LogP contribution is 2.28. The molecule has 1 aliphatic heterocycles. The number of hydrogen-bond acceptors (Lipinski definition) is 6. The topological polar surface area (TPSA) is 105 Å². The minimum atomic E-state index is -0.200. The highest BCUT2D eigenvalue weighted by Gasteiger charge is 2.24. The predicted molar refractivity (Wildman–Crippen MR) is 113 cm³/mol. The van der Waals surface area contributed by atoms with Crippen LogP contribution in [-0.4, -0.2) is 55.6 Å². The normalized spacial score (nSPS) is 14.7. The van der Waals surface area contributed by atoms with Crippen LogP contribution in [0.25, 0.3) is 11.0 Å². The van der Waals surface area contributed by atoms with E-state index in [1.165, 1.54) is 0 Å². The number of fused-ring (bicyclic) bond motifs is 1. The molecule has 3 aromatic rings. The average molecular weight is 407 g/mol. The highest BCUT2D eigenvalue weighted by molar-refractivity contribution is 6.06. The van der Waals surface area contributed by atoms with E-state index in [9.17, 15) is 9.59 Å². The molecule has 0 spiro atoms. The van der Waals surface area contributed by atoms with Crippen LogP contribution < -0.4 is 10.6 Å². The Hall–Kier alpha value is -3.49. The van der Waals surface area contributed by atoms with Crippen molar-refractivity contribution in [1.29, 1.82) is 0 Å².